The van der Waals surface area contributed by atoms with E-state index in [2.05, 4.69) is 5.32 Å². The fourth-order valence-electron chi connectivity index (χ4n) is 2.77. The van der Waals surface area contributed by atoms with Crippen LogP contribution in [0.4, 0.5) is 0 Å². The van der Waals surface area contributed by atoms with Crippen LogP contribution in [0.1, 0.15) is 18.4 Å². The number of amides is 1. The third kappa shape index (κ3) is 1.28. The Balaban J connectivity index is 2.04. The lowest BCUT2D eigenvalue weighted by molar-refractivity contribution is -0.130. The summed E-state index contributed by atoms with van der Waals surface area (Å²) < 4.78 is 0. The maximum absolute atomic E-state index is 11.8. The van der Waals surface area contributed by atoms with Gasteiger partial charge in [0.05, 0.1) is 0 Å². The molecule has 1 aromatic carbocycles. The van der Waals surface area contributed by atoms with Crippen molar-refractivity contribution in [3.63, 3.8) is 0 Å². The van der Waals surface area contributed by atoms with Crippen LogP contribution >= 0.6 is 11.6 Å². The van der Waals surface area contributed by atoms with Crippen molar-refractivity contribution in [2.75, 3.05) is 13.1 Å². The van der Waals surface area contributed by atoms with Crippen LogP contribution < -0.4 is 5.32 Å². The third-order valence-electron chi connectivity index (χ3n) is 3.54. The molecular formula is C12H13ClN2O. The average molecular weight is 237 g/mol. The van der Waals surface area contributed by atoms with Crippen molar-refractivity contribution in [2.45, 2.75) is 18.5 Å². The molecule has 1 atom stereocenters. The average Bonchev–Trinajstić information content (AvgIpc) is 2.82. The fraction of sp³-hybridized carbons (Fsp3) is 0.417. The molecular weight excluding hydrogens is 224 g/mol. The summed E-state index contributed by atoms with van der Waals surface area (Å²) >= 11 is 5.89. The van der Waals surface area contributed by atoms with E-state index in [4.69, 9.17) is 11.6 Å². The summed E-state index contributed by atoms with van der Waals surface area (Å²) in [4.78, 5) is 13.7. The molecule has 3 nitrogen and oxygen atoms in total. The van der Waals surface area contributed by atoms with E-state index in [1.54, 1.807) is 0 Å². The molecule has 0 radical (unpaired) electrons. The number of halogens is 1. The lowest BCUT2D eigenvalue weighted by atomic mass is 9.97. The first-order valence-electron chi connectivity index (χ1n) is 5.54. The number of carbonyl (C=O) groups excluding carboxylic acids is 1. The summed E-state index contributed by atoms with van der Waals surface area (Å²) in [5.74, 6) is 0.250. The Kier molecular flexibility index (Phi) is 2.19. The molecule has 0 spiro atoms. The standard InChI is InChI=1S/C12H13ClN2O/c13-10-3-1-9(2-4-10)12-6-5-11(16)15(12)8-7-14-12/h1-4,14H,5-8H2. The third-order valence-corrected chi connectivity index (χ3v) is 3.79. The molecule has 2 heterocycles. The largest absolute Gasteiger partial charge is 0.319 e. The van der Waals surface area contributed by atoms with E-state index in [1.165, 1.54) is 0 Å². The normalized spacial score (nSPS) is 28.6. The van der Waals surface area contributed by atoms with Crippen LogP contribution in [0.15, 0.2) is 24.3 Å². The molecule has 4 heteroatoms. The van der Waals surface area contributed by atoms with Crippen LogP contribution in [0.2, 0.25) is 5.02 Å². The number of hydrogen-bond acceptors (Lipinski definition) is 2. The van der Waals surface area contributed by atoms with E-state index in [-0.39, 0.29) is 11.6 Å². The van der Waals surface area contributed by atoms with Crippen LogP contribution in [0, 0.1) is 0 Å². The van der Waals surface area contributed by atoms with Gasteiger partial charge in [-0.05, 0) is 24.1 Å². The minimum Gasteiger partial charge on any atom is -0.319 e. The smallest absolute Gasteiger partial charge is 0.224 e. The molecule has 0 aromatic heterocycles. The quantitative estimate of drug-likeness (QED) is 0.805. The maximum Gasteiger partial charge on any atom is 0.224 e. The van der Waals surface area contributed by atoms with Gasteiger partial charge in [0.2, 0.25) is 5.91 Å². The Morgan fingerprint density at radius 3 is 2.81 bits per heavy atom. The van der Waals surface area contributed by atoms with Crippen molar-refractivity contribution in [1.29, 1.82) is 0 Å². The second kappa shape index (κ2) is 3.47. The van der Waals surface area contributed by atoms with Crippen LogP contribution in [0.25, 0.3) is 0 Å². The minimum atomic E-state index is -0.262. The van der Waals surface area contributed by atoms with Gasteiger partial charge in [0.1, 0.15) is 5.66 Å². The van der Waals surface area contributed by atoms with Gasteiger partial charge in [-0.1, -0.05) is 23.7 Å². The van der Waals surface area contributed by atoms with Crippen LogP contribution in [0.5, 0.6) is 0 Å². The molecule has 2 aliphatic heterocycles. The summed E-state index contributed by atoms with van der Waals surface area (Å²) in [5.41, 5.74) is 0.877. The highest BCUT2D eigenvalue weighted by Crippen LogP contribution is 2.39. The molecule has 16 heavy (non-hydrogen) atoms. The molecule has 1 amide bonds. The highest BCUT2D eigenvalue weighted by molar-refractivity contribution is 6.30. The number of nitrogens with zero attached hydrogens (tertiary/aromatic N) is 1. The van der Waals surface area contributed by atoms with Gasteiger partial charge in [-0.15, -0.1) is 0 Å². The zero-order valence-electron chi connectivity index (χ0n) is 8.87. The molecule has 1 N–H and O–H groups in total. The summed E-state index contributed by atoms with van der Waals surface area (Å²) in [6, 6.07) is 7.78. The molecule has 3 rings (SSSR count). The molecule has 2 saturated heterocycles. The summed E-state index contributed by atoms with van der Waals surface area (Å²) in [6.45, 7) is 1.68. The molecule has 84 valence electrons. The van der Waals surface area contributed by atoms with E-state index >= 15 is 0 Å². The maximum atomic E-state index is 11.8. The van der Waals surface area contributed by atoms with Crippen molar-refractivity contribution in [2.24, 2.45) is 0 Å². The zero-order chi connectivity index (χ0) is 11.2. The van der Waals surface area contributed by atoms with E-state index in [0.29, 0.717) is 6.42 Å². The van der Waals surface area contributed by atoms with Crippen molar-refractivity contribution in [3.05, 3.63) is 34.9 Å². The number of hydrogen-bond donors (Lipinski definition) is 1. The van der Waals surface area contributed by atoms with Gasteiger partial charge in [0.15, 0.2) is 0 Å². The number of benzene rings is 1. The highest BCUT2D eigenvalue weighted by Gasteiger charge is 2.49. The number of nitrogens with one attached hydrogen (secondary N) is 1. The van der Waals surface area contributed by atoms with Crippen LogP contribution in [-0.4, -0.2) is 23.9 Å². The van der Waals surface area contributed by atoms with Crippen LogP contribution in [0.3, 0.4) is 0 Å². The van der Waals surface area contributed by atoms with Gasteiger partial charge < -0.3 is 4.90 Å². The molecule has 0 saturated carbocycles. The monoisotopic (exact) mass is 236 g/mol. The Morgan fingerprint density at radius 1 is 1.31 bits per heavy atom. The van der Waals surface area contributed by atoms with Gasteiger partial charge in [0.25, 0.3) is 0 Å². The number of rotatable bonds is 1. The Labute approximate surface area is 99.4 Å². The lowest BCUT2D eigenvalue weighted by Crippen LogP contribution is -2.45. The first kappa shape index (κ1) is 10.1. The second-order valence-electron chi connectivity index (χ2n) is 4.34. The molecule has 0 aliphatic carbocycles. The van der Waals surface area contributed by atoms with Gasteiger partial charge in [-0.2, -0.15) is 0 Å². The van der Waals surface area contributed by atoms with Crippen LogP contribution in [-0.2, 0) is 10.5 Å². The molecule has 1 aromatic rings. The summed E-state index contributed by atoms with van der Waals surface area (Å²) in [6.07, 6.45) is 1.49. The zero-order valence-corrected chi connectivity index (χ0v) is 9.63. The van der Waals surface area contributed by atoms with Crippen molar-refractivity contribution in [3.8, 4) is 0 Å². The molecule has 2 aliphatic rings. The molecule has 0 bridgehead atoms. The SMILES string of the molecule is O=C1CCC2(c3ccc(Cl)cc3)NCCN12. The number of fused-ring (bicyclic) bond motifs is 1. The van der Waals surface area contributed by atoms with Gasteiger partial charge in [0, 0.05) is 24.5 Å². The van der Waals surface area contributed by atoms with E-state index in [0.717, 1.165) is 30.1 Å². The fourth-order valence-corrected chi connectivity index (χ4v) is 2.90. The summed E-state index contributed by atoms with van der Waals surface area (Å²) in [7, 11) is 0. The Bertz CT molecular complexity index is 431. The predicted molar refractivity (Wildman–Crippen MR) is 62.1 cm³/mol. The predicted octanol–water partition coefficient (Wildman–Crippen LogP) is 1.72. The second-order valence-corrected chi connectivity index (χ2v) is 4.78. The molecule has 1 unspecified atom stereocenters. The Hall–Kier alpha value is -1.06. The topological polar surface area (TPSA) is 32.3 Å². The van der Waals surface area contributed by atoms with Gasteiger partial charge in [-0.3, -0.25) is 10.1 Å². The first-order chi connectivity index (χ1) is 7.72. The first-order valence-corrected chi connectivity index (χ1v) is 5.92. The van der Waals surface area contributed by atoms with Gasteiger partial charge in [-0.25, -0.2) is 0 Å². The van der Waals surface area contributed by atoms with Crippen molar-refractivity contribution < 1.29 is 4.79 Å². The molecule has 2 fully saturated rings. The highest BCUT2D eigenvalue weighted by atomic mass is 35.5. The lowest BCUT2D eigenvalue weighted by Gasteiger charge is -2.32. The number of carbonyl (C=O) groups is 1. The summed E-state index contributed by atoms with van der Waals surface area (Å²) in [5, 5.41) is 4.19. The Morgan fingerprint density at radius 2 is 2.06 bits per heavy atom. The van der Waals surface area contributed by atoms with Crippen molar-refractivity contribution in [1.82, 2.24) is 10.2 Å². The van der Waals surface area contributed by atoms with E-state index < -0.39 is 0 Å². The van der Waals surface area contributed by atoms with Gasteiger partial charge >= 0.3 is 0 Å². The minimum absolute atomic E-state index is 0.250. The van der Waals surface area contributed by atoms with E-state index in [9.17, 15) is 4.79 Å². The van der Waals surface area contributed by atoms with E-state index in [1.807, 2.05) is 29.2 Å². The van der Waals surface area contributed by atoms with Crippen molar-refractivity contribution >= 4 is 17.5 Å².